The minimum Gasteiger partial charge on any atom is -0.324 e. The van der Waals surface area contributed by atoms with Crippen LogP contribution in [0, 0.1) is 0 Å². The summed E-state index contributed by atoms with van der Waals surface area (Å²) in [6.07, 6.45) is 3.54. The maximum atomic E-state index is 5.66. The molecule has 18 heavy (non-hydrogen) atoms. The number of fused-ring (bicyclic) bond motifs is 1. The van der Waals surface area contributed by atoms with E-state index in [1.54, 1.807) is 0 Å². The van der Waals surface area contributed by atoms with E-state index in [0.717, 1.165) is 18.1 Å². The molecule has 0 saturated carbocycles. The molecule has 1 aromatic carbocycles. The molecule has 94 valence electrons. The summed E-state index contributed by atoms with van der Waals surface area (Å²) in [6, 6.07) is 8.66. The maximum absolute atomic E-state index is 5.66. The summed E-state index contributed by atoms with van der Waals surface area (Å²) in [5.41, 5.74) is 8.52. The van der Waals surface area contributed by atoms with Gasteiger partial charge >= 0.3 is 0 Å². The molecule has 0 spiro atoms. The zero-order valence-electron chi connectivity index (χ0n) is 10.6. The van der Waals surface area contributed by atoms with Crippen LogP contribution in [0.1, 0.15) is 41.5 Å². The summed E-state index contributed by atoms with van der Waals surface area (Å²) in [7, 11) is 2.01. The van der Waals surface area contributed by atoms with Crippen molar-refractivity contribution >= 4 is 0 Å². The molecule has 2 N–H and O–H groups in total. The fourth-order valence-electron chi connectivity index (χ4n) is 2.88. The van der Waals surface area contributed by atoms with Crippen LogP contribution in [-0.2, 0) is 20.0 Å². The van der Waals surface area contributed by atoms with Gasteiger partial charge < -0.3 is 10.3 Å². The fraction of sp³-hybridized carbons (Fsp3) is 0.429. The molecule has 0 saturated heterocycles. The lowest BCUT2D eigenvalue weighted by atomic mass is 9.82. The van der Waals surface area contributed by atoms with Crippen molar-refractivity contribution in [2.24, 2.45) is 12.8 Å². The Balaban J connectivity index is 2.05. The quantitative estimate of drug-likeness (QED) is 0.872. The van der Waals surface area contributed by atoms with Crippen LogP contribution in [0.5, 0.6) is 0 Å². The molecule has 3 rings (SSSR count). The number of hydrogen-bond donors (Lipinski definition) is 1. The molecule has 1 aliphatic rings. The first-order valence-corrected chi connectivity index (χ1v) is 6.47. The van der Waals surface area contributed by atoms with E-state index < -0.39 is 0 Å². The molecule has 1 atom stereocenters. The second-order valence-corrected chi connectivity index (χ2v) is 4.88. The fourth-order valence-corrected chi connectivity index (χ4v) is 2.88. The van der Waals surface area contributed by atoms with Crippen LogP contribution in [0.2, 0.25) is 0 Å². The van der Waals surface area contributed by atoms with Crippen LogP contribution >= 0.6 is 0 Å². The second kappa shape index (κ2) is 4.53. The lowest BCUT2D eigenvalue weighted by Gasteiger charge is -2.24. The van der Waals surface area contributed by atoms with E-state index in [9.17, 15) is 0 Å². The molecule has 2 aromatic rings. The third-order valence-corrected chi connectivity index (χ3v) is 3.86. The van der Waals surface area contributed by atoms with Gasteiger partial charge in [-0.15, -0.1) is 10.2 Å². The Bertz CT molecular complexity index is 559. The average Bonchev–Trinajstić information content (AvgIpc) is 2.79. The molecule has 4 nitrogen and oxygen atoms in total. The first-order chi connectivity index (χ1) is 8.81. The van der Waals surface area contributed by atoms with Gasteiger partial charge in [0, 0.05) is 13.0 Å². The van der Waals surface area contributed by atoms with Crippen LogP contribution in [0.4, 0.5) is 0 Å². The van der Waals surface area contributed by atoms with Crippen LogP contribution in [0.3, 0.4) is 0 Å². The molecular formula is C14H18N4. The Morgan fingerprint density at radius 3 is 2.94 bits per heavy atom. The van der Waals surface area contributed by atoms with E-state index in [1.807, 2.05) is 11.6 Å². The van der Waals surface area contributed by atoms with Crippen molar-refractivity contribution in [3.8, 4) is 0 Å². The summed E-state index contributed by atoms with van der Waals surface area (Å²) in [5.74, 6) is 2.27. The number of aromatic nitrogens is 3. The topological polar surface area (TPSA) is 56.7 Å². The lowest BCUT2D eigenvalue weighted by molar-refractivity contribution is 0.569. The Morgan fingerprint density at radius 1 is 1.33 bits per heavy atom. The third-order valence-electron chi connectivity index (χ3n) is 3.86. The molecule has 1 unspecified atom stereocenters. The van der Waals surface area contributed by atoms with Crippen molar-refractivity contribution < 1.29 is 0 Å². The van der Waals surface area contributed by atoms with Crippen LogP contribution in [0.25, 0.3) is 0 Å². The van der Waals surface area contributed by atoms with Gasteiger partial charge in [-0.1, -0.05) is 24.3 Å². The normalized spacial score (nSPS) is 18.7. The monoisotopic (exact) mass is 242 g/mol. The molecule has 4 heteroatoms. The van der Waals surface area contributed by atoms with Gasteiger partial charge in [0.25, 0.3) is 0 Å². The number of aryl methyl sites for hydroxylation is 1. The maximum Gasteiger partial charge on any atom is 0.146 e. The molecule has 1 aliphatic carbocycles. The zero-order valence-corrected chi connectivity index (χ0v) is 10.6. The van der Waals surface area contributed by atoms with Crippen molar-refractivity contribution in [3.05, 3.63) is 47.0 Å². The lowest BCUT2D eigenvalue weighted by Crippen LogP contribution is -2.16. The Labute approximate surface area is 107 Å². The predicted octanol–water partition coefficient (Wildman–Crippen LogP) is 1.74. The molecule has 1 aromatic heterocycles. The number of hydrogen-bond acceptors (Lipinski definition) is 3. The minimum absolute atomic E-state index is 0.368. The highest BCUT2D eigenvalue weighted by molar-refractivity contribution is 5.36. The van der Waals surface area contributed by atoms with E-state index in [-0.39, 0.29) is 0 Å². The minimum atomic E-state index is 0.368. The standard InChI is InChI=1S/C14H18N4/c1-18-13(9-15)16-17-14(18)12-8-4-6-10-5-2-3-7-11(10)12/h2-3,5,7,12H,4,6,8-9,15H2,1H3. The summed E-state index contributed by atoms with van der Waals surface area (Å²) < 4.78 is 2.05. The largest absolute Gasteiger partial charge is 0.324 e. The van der Waals surface area contributed by atoms with Gasteiger partial charge in [-0.3, -0.25) is 0 Å². The van der Waals surface area contributed by atoms with Gasteiger partial charge in [0.05, 0.1) is 6.54 Å². The van der Waals surface area contributed by atoms with Crippen molar-refractivity contribution in [3.63, 3.8) is 0 Å². The van der Waals surface area contributed by atoms with Gasteiger partial charge in [0.1, 0.15) is 11.6 Å². The van der Waals surface area contributed by atoms with Gasteiger partial charge in [-0.25, -0.2) is 0 Å². The van der Waals surface area contributed by atoms with Crippen LogP contribution in [-0.4, -0.2) is 14.8 Å². The highest BCUT2D eigenvalue weighted by atomic mass is 15.3. The van der Waals surface area contributed by atoms with Crippen molar-refractivity contribution in [2.75, 3.05) is 0 Å². The average molecular weight is 242 g/mol. The summed E-state index contributed by atoms with van der Waals surface area (Å²) in [5, 5.41) is 8.51. The van der Waals surface area contributed by atoms with E-state index in [2.05, 4.69) is 34.5 Å². The van der Waals surface area contributed by atoms with Crippen LogP contribution < -0.4 is 5.73 Å². The Kier molecular flexibility index (Phi) is 2.88. The van der Waals surface area contributed by atoms with Gasteiger partial charge in [-0.05, 0) is 30.4 Å². The number of nitrogens with zero attached hydrogens (tertiary/aromatic N) is 3. The van der Waals surface area contributed by atoms with Crippen molar-refractivity contribution in [2.45, 2.75) is 31.7 Å². The zero-order chi connectivity index (χ0) is 12.5. The first kappa shape index (κ1) is 11.4. The highest BCUT2D eigenvalue weighted by Gasteiger charge is 2.25. The molecule has 0 bridgehead atoms. The van der Waals surface area contributed by atoms with Gasteiger partial charge in [0.2, 0.25) is 0 Å². The highest BCUT2D eigenvalue weighted by Crippen LogP contribution is 2.35. The Morgan fingerprint density at radius 2 is 2.17 bits per heavy atom. The van der Waals surface area contributed by atoms with E-state index in [1.165, 1.54) is 24.0 Å². The number of rotatable bonds is 2. The van der Waals surface area contributed by atoms with Crippen molar-refractivity contribution in [1.29, 1.82) is 0 Å². The van der Waals surface area contributed by atoms with E-state index in [0.29, 0.717) is 12.5 Å². The number of benzene rings is 1. The van der Waals surface area contributed by atoms with E-state index in [4.69, 9.17) is 5.73 Å². The number of nitrogens with two attached hydrogens (primary N) is 1. The molecular weight excluding hydrogens is 224 g/mol. The first-order valence-electron chi connectivity index (χ1n) is 6.47. The molecule has 1 heterocycles. The summed E-state index contributed by atoms with van der Waals surface area (Å²) >= 11 is 0. The third kappa shape index (κ3) is 1.73. The molecule has 0 aliphatic heterocycles. The van der Waals surface area contributed by atoms with Crippen molar-refractivity contribution in [1.82, 2.24) is 14.8 Å². The van der Waals surface area contributed by atoms with Gasteiger partial charge in [0.15, 0.2) is 0 Å². The molecule has 0 amide bonds. The smallest absolute Gasteiger partial charge is 0.146 e. The van der Waals surface area contributed by atoms with E-state index >= 15 is 0 Å². The molecule has 0 radical (unpaired) electrons. The second-order valence-electron chi connectivity index (χ2n) is 4.88. The van der Waals surface area contributed by atoms with Gasteiger partial charge in [-0.2, -0.15) is 0 Å². The predicted molar refractivity (Wildman–Crippen MR) is 70.1 cm³/mol. The summed E-state index contributed by atoms with van der Waals surface area (Å²) in [4.78, 5) is 0. The van der Waals surface area contributed by atoms with Crippen LogP contribution in [0.15, 0.2) is 24.3 Å². The summed E-state index contributed by atoms with van der Waals surface area (Å²) in [6.45, 7) is 0.442. The Hall–Kier alpha value is -1.68. The SMILES string of the molecule is Cn1c(CN)nnc1C1CCCc2ccccc21. The molecule has 0 fully saturated rings.